The summed E-state index contributed by atoms with van der Waals surface area (Å²) < 4.78 is 23.6. The molecule has 0 unspecified atom stereocenters. The Labute approximate surface area is 202 Å². The van der Waals surface area contributed by atoms with E-state index in [1.165, 1.54) is 11.8 Å². The highest BCUT2D eigenvalue weighted by molar-refractivity contribution is 7.90. The zero-order valence-corrected chi connectivity index (χ0v) is 21.0. The minimum absolute atomic E-state index is 0. The van der Waals surface area contributed by atoms with Crippen molar-refractivity contribution in [3.8, 4) is 0 Å². The molecule has 5 nitrogen and oxygen atoms in total. The number of amides is 1. The van der Waals surface area contributed by atoms with Crippen LogP contribution >= 0.6 is 24.0 Å². The molecule has 176 valence electrons. The van der Waals surface area contributed by atoms with Crippen LogP contribution in [0.25, 0.3) is 0 Å². The van der Waals surface area contributed by atoms with Crippen LogP contribution in [0.2, 0.25) is 5.02 Å². The van der Waals surface area contributed by atoms with Gasteiger partial charge in [-0.1, -0.05) is 35.9 Å². The van der Waals surface area contributed by atoms with Crippen LogP contribution < -0.4 is 5.73 Å². The first-order valence-electron chi connectivity index (χ1n) is 10.7. The number of sulfone groups is 1. The van der Waals surface area contributed by atoms with Gasteiger partial charge in [-0.2, -0.15) is 0 Å². The molecule has 2 aromatic rings. The Hall–Kier alpha value is -1.60. The summed E-state index contributed by atoms with van der Waals surface area (Å²) in [5.74, 6) is 0.0484. The van der Waals surface area contributed by atoms with Crippen molar-refractivity contribution < 1.29 is 13.2 Å². The van der Waals surface area contributed by atoms with Crippen LogP contribution in [0.4, 0.5) is 0 Å². The van der Waals surface area contributed by atoms with Crippen LogP contribution in [-0.4, -0.2) is 44.6 Å². The number of halogens is 2. The van der Waals surface area contributed by atoms with Crippen LogP contribution in [0.5, 0.6) is 0 Å². The number of hydrogen-bond donors (Lipinski definition) is 1. The minimum atomic E-state index is -3.25. The molecule has 1 aliphatic rings. The highest BCUT2D eigenvalue weighted by Crippen LogP contribution is 2.40. The minimum Gasteiger partial charge on any atom is -0.340 e. The zero-order chi connectivity index (χ0) is 22.6. The molecule has 0 atom stereocenters. The molecular weight excluding hydrogens is 467 g/mol. The topological polar surface area (TPSA) is 80.5 Å². The smallest absolute Gasteiger partial charge is 0.219 e. The van der Waals surface area contributed by atoms with Gasteiger partial charge in [-0.3, -0.25) is 4.79 Å². The molecule has 0 radical (unpaired) electrons. The lowest BCUT2D eigenvalue weighted by molar-refractivity contribution is -0.132. The van der Waals surface area contributed by atoms with Gasteiger partial charge in [0.25, 0.3) is 0 Å². The standard InChI is InChI=1S/C24H31ClN2O3S.ClH/c1-18(28)27(14-11-19-5-3-8-23(15-19)31(2,29)30)22-9-12-24(17-26,13-10-22)20-6-4-7-21(25)16-20;/h3-8,15-16,22H,9-14,17,26H2,1-2H3;1H/t22-,24+;. The summed E-state index contributed by atoms with van der Waals surface area (Å²) in [6.07, 6.45) is 5.40. The second-order valence-electron chi connectivity index (χ2n) is 8.61. The molecule has 0 saturated heterocycles. The van der Waals surface area contributed by atoms with Gasteiger partial charge in [-0.25, -0.2) is 8.42 Å². The molecule has 0 aliphatic heterocycles. The van der Waals surface area contributed by atoms with E-state index in [0.717, 1.165) is 31.2 Å². The molecule has 0 spiro atoms. The number of nitrogens with zero attached hydrogens (tertiary/aromatic N) is 1. The van der Waals surface area contributed by atoms with E-state index < -0.39 is 9.84 Å². The Kier molecular flexibility index (Phi) is 9.17. The van der Waals surface area contributed by atoms with Crippen LogP contribution in [0.15, 0.2) is 53.4 Å². The number of hydrogen-bond acceptors (Lipinski definition) is 4. The second-order valence-corrected chi connectivity index (χ2v) is 11.1. The SMILES string of the molecule is CC(=O)N(CCc1cccc(S(C)(=O)=O)c1)[C@H]1CC[C@@](CN)(c2cccc(Cl)c2)CC1.Cl. The van der Waals surface area contributed by atoms with Gasteiger partial charge < -0.3 is 10.6 Å². The van der Waals surface area contributed by atoms with Crippen molar-refractivity contribution in [2.45, 2.75) is 55.4 Å². The molecule has 0 bridgehead atoms. The van der Waals surface area contributed by atoms with E-state index in [-0.39, 0.29) is 29.8 Å². The molecule has 8 heteroatoms. The van der Waals surface area contributed by atoms with E-state index in [0.29, 0.717) is 29.4 Å². The summed E-state index contributed by atoms with van der Waals surface area (Å²) in [6.45, 7) is 2.73. The maximum Gasteiger partial charge on any atom is 0.219 e. The van der Waals surface area contributed by atoms with Gasteiger partial charge in [-0.15, -0.1) is 12.4 Å². The van der Waals surface area contributed by atoms with Gasteiger partial charge in [0, 0.05) is 42.7 Å². The second kappa shape index (κ2) is 11.0. The Morgan fingerprint density at radius 2 is 1.81 bits per heavy atom. The van der Waals surface area contributed by atoms with E-state index in [9.17, 15) is 13.2 Å². The van der Waals surface area contributed by atoms with Crippen molar-refractivity contribution in [3.05, 3.63) is 64.7 Å². The fraction of sp³-hybridized carbons (Fsp3) is 0.458. The molecule has 3 rings (SSSR count). The lowest BCUT2D eigenvalue weighted by Crippen LogP contribution is -2.47. The van der Waals surface area contributed by atoms with E-state index in [2.05, 4.69) is 6.07 Å². The summed E-state index contributed by atoms with van der Waals surface area (Å²) in [5.41, 5.74) is 8.20. The molecule has 1 aliphatic carbocycles. The van der Waals surface area contributed by atoms with Gasteiger partial charge in [0.15, 0.2) is 9.84 Å². The summed E-state index contributed by atoms with van der Waals surface area (Å²) >= 11 is 6.21. The zero-order valence-electron chi connectivity index (χ0n) is 18.6. The lowest BCUT2D eigenvalue weighted by atomic mass is 9.68. The average molecular weight is 500 g/mol. The van der Waals surface area contributed by atoms with Crippen LogP contribution in [0, 0.1) is 0 Å². The monoisotopic (exact) mass is 498 g/mol. The predicted molar refractivity (Wildman–Crippen MR) is 132 cm³/mol. The fourth-order valence-corrected chi connectivity index (χ4v) is 5.56. The van der Waals surface area contributed by atoms with Crippen molar-refractivity contribution >= 4 is 39.8 Å². The van der Waals surface area contributed by atoms with Gasteiger partial charge >= 0.3 is 0 Å². The van der Waals surface area contributed by atoms with E-state index in [1.807, 2.05) is 29.2 Å². The van der Waals surface area contributed by atoms with Crippen molar-refractivity contribution in [1.82, 2.24) is 4.90 Å². The first-order valence-corrected chi connectivity index (χ1v) is 12.9. The molecule has 32 heavy (non-hydrogen) atoms. The molecule has 2 aromatic carbocycles. The normalized spacial score (nSPS) is 20.9. The summed E-state index contributed by atoms with van der Waals surface area (Å²) in [6, 6.07) is 15.1. The van der Waals surface area contributed by atoms with Gasteiger partial charge in [0.05, 0.1) is 4.90 Å². The average Bonchev–Trinajstić information content (AvgIpc) is 2.74. The third-order valence-electron chi connectivity index (χ3n) is 6.55. The van der Waals surface area contributed by atoms with Crippen molar-refractivity contribution in [3.63, 3.8) is 0 Å². The number of carbonyl (C=O) groups is 1. The fourth-order valence-electron chi connectivity index (χ4n) is 4.67. The van der Waals surface area contributed by atoms with E-state index >= 15 is 0 Å². The molecular formula is C24H32Cl2N2O3S. The van der Waals surface area contributed by atoms with E-state index in [1.54, 1.807) is 25.1 Å². The summed E-state index contributed by atoms with van der Waals surface area (Å²) in [5, 5.41) is 0.717. The highest BCUT2D eigenvalue weighted by Gasteiger charge is 2.38. The molecule has 1 saturated carbocycles. The molecule has 0 heterocycles. The van der Waals surface area contributed by atoms with Gasteiger partial charge in [0.1, 0.15) is 0 Å². The van der Waals surface area contributed by atoms with Crippen LogP contribution in [-0.2, 0) is 26.5 Å². The first-order chi connectivity index (χ1) is 14.6. The Balaban J connectivity index is 0.00000363. The van der Waals surface area contributed by atoms with Gasteiger partial charge in [-0.05, 0) is 67.5 Å². The lowest BCUT2D eigenvalue weighted by Gasteiger charge is -2.43. The Bertz CT molecular complexity index is 1040. The number of carbonyl (C=O) groups excluding carboxylic acids is 1. The Morgan fingerprint density at radius 3 is 2.38 bits per heavy atom. The van der Waals surface area contributed by atoms with Crippen LogP contribution in [0.3, 0.4) is 0 Å². The third-order valence-corrected chi connectivity index (χ3v) is 7.90. The quantitative estimate of drug-likeness (QED) is 0.613. The summed E-state index contributed by atoms with van der Waals surface area (Å²) in [7, 11) is -3.25. The highest BCUT2D eigenvalue weighted by atomic mass is 35.5. The first kappa shape index (κ1) is 26.7. The van der Waals surface area contributed by atoms with Crippen molar-refractivity contribution in [2.24, 2.45) is 5.73 Å². The predicted octanol–water partition coefficient (Wildman–Crippen LogP) is 4.40. The summed E-state index contributed by atoms with van der Waals surface area (Å²) in [4.78, 5) is 14.7. The Morgan fingerprint density at radius 1 is 1.16 bits per heavy atom. The molecule has 1 amide bonds. The number of benzene rings is 2. The van der Waals surface area contributed by atoms with Crippen LogP contribution in [0.1, 0.15) is 43.7 Å². The number of nitrogens with two attached hydrogens (primary N) is 1. The number of rotatable bonds is 7. The maximum absolute atomic E-state index is 12.4. The molecule has 2 N–H and O–H groups in total. The largest absolute Gasteiger partial charge is 0.340 e. The van der Waals surface area contributed by atoms with E-state index in [4.69, 9.17) is 17.3 Å². The van der Waals surface area contributed by atoms with Crippen molar-refractivity contribution in [1.29, 1.82) is 0 Å². The molecule has 0 aromatic heterocycles. The third kappa shape index (κ3) is 6.25. The van der Waals surface area contributed by atoms with Gasteiger partial charge in [0.2, 0.25) is 5.91 Å². The van der Waals surface area contributed by atoms with Crippen molar-refractivity contribution in [2.75, 3.05) is 19.3 Å². The maximum atomic E-state index is 12.4. The molecule has 1 fully saturated rings.